The number of carbonyl (C=O) groups excluding carboxylic acids is 1. The van der Waals surface area contributed by atoms with Gasteiger partial charge in [0.1, 0.15) is 0 Å². The smallest absolute Gasteiger partial charge is 0.254 e. The van der Waals surface area contributed by atoms with Crippen molar-refractivity contribution in [3.05, 3.63) is 30.1 Å². The molecule has 2 heterocycles. The number of rotatable bonds is 2. The van der Waals surface area contributed by atoms with Gasteiger partial charge in [0.25, 0.3) is 5.91 Å². The van der Waals surface area contributed by atoms with E-state index in [0.717, 1.165) is 0 Å². The van der Waals surface area contributed by atoms with E-state index < -0.39 is 6.10 Å². The lowest BCUT2D eigenvalue weighted by molar-refractivity contribution is 0.0581. The molecule has 5 nitrogen and oxygen atoms in total. The largest absolute Gasteiger partial charge is 0.390 e. The first-order chi connectivity index (χ1) is 7.70. The van der Waals surface area contributed by atoms with E-state index in [2.05, 4.69) is 10.3 Å². The molecule has 0 spiro atoms. The number of pyridine rings is 1. The number of hydrogen-bond donors (Lipinski definition) is 2. The number of aromatic nitrogens is 1. The minimum Gasteiger partial charge on any atom is -0.390 e. The van der Waals surface area contributed by atoms with Crippen molar-refractivity contribution in [2.24, 2.45) is 0 Å². The Bertz CT molecular complexity index is 369. The van der Waals surface area contributed by atoms with Crippen molar-refractivity contribution in [1.82, 2.24) is 15.2 Å². The molecule has 86 valence electrons. The fourth-order valence-electron chi connectivity index (χ4n) is 1.89. The fourth-order valence-corrected chi connectivity index (χ4v) is 1.89. The summed E-state index contributed by atoms with van der Waals surface area (Å²) in [5, 5.41) is 12.7. The predicted molar refractivity (Wildman–Crippen MR) is 59.0 cm³/mol. The van der Waals surface area contributed by atoms with Crippen LogP contribution in [0.5, 0.6) is 0 Å². The summed E-state index contributed by atoms with van der Waals surface area (Å²) in [7, 11) is 1.71. The van der Waals surface area contributed by atoms with E-state index in [0.29, 0.717) is 18.7 Å². The SMILES string of the molecule is CN(C(=O)c1ccncc1)C1CNCC1O. The van der Waals surface area contributed by atoms with E-state index in [1.165, 1.54) is 0 Å². The Morgan fingerprint density at radius 1 is 1.50 bits per heavy atom. The molecule has 1 amide bonds. The van der Waals surface area contributed by atoms with Crippen LogP contribution in [0.25, 0.3) is 0 Å². The van der Waals surface area contributed by atoms with Crippen LogP contribution in [0.4, 0.5) is 0 Å². The lowest BCUT2D eigenvalue weighted by Gasteiger charge is -2.26. The highest BCUT2D eigenvalue weighted by molar-refractivity contribution is 5.94. The van der Waals surface area contributed by atoms with Gasteiger partial charge in [0.2, 0.25) is 0 Å². The Morgan fingerprint density at radius 2 is 2.19 bits per heavy atom. The summed E-state index contributed by atoms with van der Waals surface area (Å²) in [6.07, 6.45) is 2.69. The van der Waals surface area contributed by atoms with Gasteiger partial charge >= 0.3 is 0 Å². The van der Waals surface area contributed by atoms with Gasteiger partial charge in [0, 0.05) is 38.1 Å². The van der Waals surface area contributed by atoms with Crippen molar-refractivity contribution in [2.75, 3.05) is 20.1 Å². The van der Waals surface area contributed by atoms with Gasteiger partial charge in [-0.2, -0.15) is 0 Å². The van der Waals surface area contributed by atoms with Gasteiger partial charge in [-0.3, -0.25) is 9.78 Å². The first-order valence-electron chi connectivity index (χ1n) is 5.26. The Kier molecular flexibility index (Phi) is 3.17. The van der Waals surface area contributed by atoms with Gasteiger partial charge in [0.15, 0.2) is 0 Å². The topological polar surface area (TPSA) is 65.5 Å². The minimum atomic E-state index is -0.490. The molecule has 0 bridgehead atoms. The molecule has 0 aliphatic carbocycles. The van der Waals surface area contributed by atoms with E-state index >= 15 is 0 Å². The number of aliphatic hydroxyl groups excluding tert-OH is 1. The minimum absolute atomic E-state index is 0.0878. The second kappa shape index (κ2) is 4.59. The molecule has 1 aliphatic rings. The van der Waals surface area contributed by atoms with Crippen LogP contribution < -0.4 is 5.32 Å². The van der Waals surface area contributed by atoms with E-state index in [4.69, 9.17) is 0 Å². The molecular formula is C11H15N3O2. The second-order valence-corrected chi connectivity index (χ2v) is 3.94. The van der Waals surface area contributed by atoms with Gasteiger partial charge in [-0.1, -0.05) is 0 Å². The third-order valence-corrected chi connectivity index (χ3v) is 2.90. The van der Waals surface area contributed by atoms with Crippen LogP contribution in [0.15, 0.2) is 24.5 Å². The van der Waals surface area contributed by atoms with Crippen molar-refractivity contribution in [3.8, 4) is 0 Å². The number of aliphatic hydroxyl groups is 1. The average Bonchev–Trinajstić information content (AvgIpc) is 2.75. The van der Waals surface area contributed by atoms with Gasteiger partial charge < -0.3 is 15.3 Å². The zero-order valence-electron chi connectivity index (χ0n) is 9.13. The number of β-amino-alcohol motifs (C(OH)–C–C–N with tert-alkyl or cyclic N) is 1. The van der Waals surface area contributed by atoms with Crippen LogP contribution in [-0.4, -0.2) is 53.2 Å². The van der Waals surface area contributed by atoms with E-state index in [9.17, 15) is 9.90 Å². The van der Waals surface area contributed by atoms with Crippen molar-refractivity contribution < 1.29 is 9.90 Å². The fraction of sp³-hybridized carbons (Fsp3) is 0.455. The Hall–Kier alpha value is -1.46. The summed E-state index contributed by atoms with van der Waals surface area (Å²) in [5.41, 5.74) is 0.594. The van der Waals surface area contributed by atoms with Crippen LogP contribution in [0.3, 0.4) is 0 Å². The zero-order valence-corrected chi connectivity index (χ0v) is 9.13. The number of nitrogens with zero attached hydrogens (tertiary/aromatic N) is 2. The molecule has 2 atom stereocenters. The molecule has 1 fully saturated rings. The molecule has 5 heteroatoms. The van der Waals surface area contributed by atoms with Crippen molar-refractivity contribution in [2.45, 2.75) is 12.1 Å². The molecule has 1 aliphatic heterocycles. The first-order valence-corrected chi connectivity index (χ1v) is 5.26. The predicted octanol–water partition coefficient (Wildman–Crippen LogP) is -0.514. The summed E-state index contributed by atoms with van der Waals surface area (Å²) in [6.45, 7) is 1.17. The van der Waals surface area contributed by atoms with E-state index in [1.54, 1.807) is 36.5 Å². The van der Waals surface area contributed by atoms with Crippen molar-refractivity contribution in [3.63, 3.8) is 0 Å². The highest BCUT2D eigenvalue weighted by Gasteiger charge is 2.31. The quantitative estimate of drug-likeness (QED) is 0.705. The average molecular weight is 221 g/mol. The van der Waals surface area contributed by atoms with Crippen molar-refractivity contribution in [1.29, 1.82) is 0 Å². The summed E-state index contributed by atoms with van der Waals surface area (Å²) in [4.78, 5) is 17.5. The standard InChI is InChI=1S/C11H15N3O2/c1-14(9-6-13-7-10(9)15)11(16)8-2-4-12-5-3-8/h2-5,9-10,13,15H,6-7H2,1H3. The lowest BCUT2D eigenvalue weighted by Crippen LogP contribution is -2.44. The lowest BCUT2D eigenvalue weighted by atomic mass is 10.1. The van der Waals surface area contributed by atoms with E-state index in [-0.39, 0.29) is 11.9 Å². The first kappa shape index (κ1) is 11.0. The molecule has 1 aromatic rings. The van der Waals surface area contributed by atoms with E-state index in [1.807, 2.05) is 0 Å². The Labute approximate surface area is 94.1 Å². The van der Waals surface area contributed by atoms with Crippen molar-refractivity contribution >= 4 is 5.91 Å². The second-order valence-electron chi connectivity index (χ2n) is 3.94. The molecule has 0 radical (unpaired) electrons. The van der Waals surface area contributed by atoms with Crippen LogP contribution in [-0.2, 0) is 0 Å². The van der Waals surface area contributed by atoms with Gasteiger partial charge in [-0.05, 0) is 12.1 Å². The number of nitrogens with one attached hydrogen (secondary N) is 1. The third-order valence-electron chi connectivity index (χ3n) is 2.90. The van der Waals surface area contributed by atoms with Gasteiger partial charge in [-0.25, -0.2) is 0 Å². The summed E-state index contributed by atoms with van der Waals surface area (Å²) < 4.78 is 0. The van der Waals surface area contributed by atoms with Crippen LogP contribution >= 0.6 is 0 Å². The Balaban J connectivity index is 2.10. The number of amides is 1. The molecule has 1 saturated heterocycles. The number of carbonyl (C=O) groups is 1. The summed E-state index contributed by atoms with van der Waals surface area (Å²) in [6, 6.07) is 3.20. The van der Waals surface area contributed by atoms with Gasteiger partial charge in [0.05, 0.1) is 12.1 Å². The zero-order chi connectivity index (χ0) is 11.5. The third kappa shape index (κ3) is 2.05. The summed E-state index contributed by atoms with van der Waals surface area (Å²) in [5.74, 6) is -0.0878. The molecule has 16 heavy (non-hydrogen) atoms. The monoisotopic (exact) mass is 221 g/mol. The molecule has 2 rings (SSSR count). The number of hydrogen-bond acceptors (Lipinski definition) is 4. The maximum Gasteiger partial charge on any atom is 0.254 e. The van der Waals surface area contributed by atoms with Gasteiger partial charge in [-0.15, -0.1) is 0 Å². The molecule has 1 aromatic heterocycles. The maximum atomic E-state index is 12.0. The van der Waals surface area contributed by atoms with Crippen LogP contribution in [0.2, 0.25) is 0 Å². The molecule has 2 N–H and O–H groups in total. The Morgan fingerprint density at radius 3 is 2.75 bits per heavy atom. The molecule has 2 unspecified atom stereocenters. The normalized spacial score (nSPS) is 24.4. The maximum absolute atomic E-state index is 12.0. The summed E-state index contributed by atoms with van der Waals surface area (Å²) >= 11 is 0. The molecule has 0 saturated carbocycles. The number of likely N-dealkylation sites (N-methyl/N-ethyl adjacent to an activating group) is 1. The highest BCUT2D eigenvalue weighted by atomic mass is 16.3. The van der Waals surface area contributed by atoms with Crippen LogP contribution in [0.1, 0.15) is 10.4 Å². The molecule has 0 aromatic carbocycles. The highest BCUT2D eigenvalue weighted by Crippen LogP contribution is 2.11. The molecular weight excluding hydrogens is 206 g/mol. The van der Waals surface area contributed by atoms with Crippen LogP contribution in [0, 0.1) is 0 Å².